The van der Waals surface area contributed by atoms with Gasteiger partial charge in [-0.05, 0) is 32.6 Å². The van der Waals surface area contributed by atoms with Crippen molar-refractivity contribution in [3.8, 4) is 0 Å². The first-order valence-electron chi connectivity index (χ1n) is 7.69. The highest BCUT2D eigenvalue weighted by molar-refractivity contribution is 5.94. The highest BCUT2D eigenvalue weighted by Crippen LogP contribution is 2.40. The first kappa shape index (κ1) is 12.9. The standard InChI is InChI=1S/C15H24N2O2/c1-14(7-2-3-8-14)17-11-6-12(18)16-15(13(17)19)9-4-5-10-15/h2-11H2,1H3,(H,16,18). The Kier molecular flexibility index (Phi) is 3.06. The van der Waals surface area contributed by atoms with Crippen LogP contribution in [0.1, 0.15) is 64.7 Å². The van der Waals surface area contributed by atoms with Crippen molar-refractivity contribution in [1.82, 2.24) is 10.2 Å². The third-order valence-electron chi connectivity index (χ3n) is 5.39. The van der Waals surface area contributed by atoms with Crippen molar-refractivity contribution >= 4 is 11.8 Å². The summed E-state index contributed by atoms with van der Waals surface area (Å²) in [5.74, 6) is 0.250. The van der Waals surface area contributed by atoms with Crippen molar-refractivity contribution in [3.63, 3.8) is 0 Å². The molecule has 3 rings (SSSR count). The van der Waals surface area contributed by atoms with Gasteiger partial charge in [-0.3, -0.25) is 9.59 Å². The third-order valence-corrected chi connectivity index (χ3v) is 5.39. The zero-order chi connectivity index (χ0) is 13.5. The molecule has 0 aromatic carbocycles. The van der Waals surface area contributed by atoms with Gasteiger partial charge in [0.05, 0.1) is 0 Å². The minimum Gasteiger partial charge on any atom is -0.342 e. The highest BCUT2D eigenvalue weighted by atomic mass is 16.2. The molecular weight excluding hydrogens is 240 g/mol. The Morgan fingerprint density at radius 2 is 1.58 bits per heavy atom. The van der Waals surface area contributed by atoms with E-state index in [1.54, 1.807) is 0 Å². The van der Waals surface area contributed by atoms with Crippen LogP contribution in [-0.4, -0.2) is 34.3 Å². The lowest BCUT2D eigenvalue weighted by Crippen LogP contribution is -2.59. The van der Waals surface area contributed by atoms with Crippen LogP contribution in [-0.2, 0) is 9.59 Å². The van der Waals surface area contributed by atoms with E-state index in [2.05, 4.69) is 12.2 Å². The van der Waals surface area contributed by atoms with Crippen molar-refractivity contribution in [2.45, 2.75) is 75.8 Å². The minimum atomic E-state index is -0.570. The molecule has 4 heteroatoms. The molecule has 2 amide bonds. The van der Waals surface area contributed by atoms with Gasteiger partial charge in [-0.15, -0.1) is 0 Å². The topological polar surface area (TPSA) is 49.4 Å². The molecule has 1 spiro atoms. The molecule has 0 bridgehead atoms. The number of hydrogen-bond donors (Lipinski definition) is 1. The second kappa shape index (κ2) is 4.50. The number of hydrogen-bond acceptors (Lipinski definition) is 2. The monoisotopic (exact) mass is 264 g/mol. The van der Waals surface area contributed by atoms with Crippen LogP contribution in [0.15, 0.2) is 0 Å². The Balaban J connectivity index is 1.91. The molecule has 0 aromatic rings. The van der Waals surface area contributed by atoms with E-state index >= 15 is 0 Å². The molecule has 2 aliphatic carbocycles. The Labute approximate surface area is 114 Å². The van der Waals surface area contributed by atoms with E-state index in [0.29, 0.717) is 13.0 Å². The molecule has 1 saturated heterocycles. The van der Waals surface area contributed by atoms with Gasteiger partial charge in [0.2, 0.25) is 11.8 Å². The third kappa shape index (κ3) is 2.05. The molecule has 3 aliphatic rings. The summed E-state index contributed by atoms with van der Waals surface area (Å²) < 4.78 is 0. The summed E-state index contributed by atoms with van der Waals surface area (Å²) >= 11 is 0. The fraction of sp³-hybridized carbons (Fsp3) is 0.867. The fourth-order valence-corrected chi connectivity index (χ4v) is 4.20. The Bertz CT molecular complexity index is 393. The van der Waals surface area contributed by atoms with Crippen molar-refractivity contribution in [1.29, 1.82) is 0 Å². The lowest BCUT2D eigenvalue weighted by molar-refractivity contribution is -0.143. The van der Waals surface area contributed by atoms with Gasteiger partial charge in [0.15, 0.2) is 0 Å². The van der Waals surface area contributed by atoms with E-state index in [-0.39, 0.29) is 17.4 Å². The maximum absolute atomic E-state index is 13.0. The van der Waals surface area contributed by atoms with Gasteiger partial charge < -0.3 is 10.2 Å². The maximum Gasteiger partial charge on any atom is 0.248 e. The summed E-state index contributed by atoms with van der Waals surface area (Å²) in [6, 6.07) is 0. The summed E-state index contributed by atoms with van der Waals surface area (Å²) in [4.78, 5) is 27.0. The van der Waals surface area contributed by atoms with Gasteiger partial charge in [-0.1, -0.05) is 25.7 Å². The van der Waals surface area contributed by atoms with E-state index in [1.165, 1.54) is 12.8 Å². The molecular formula is C15H24N2O2. The molecule has 106 valence electrons. The summed E-state index contributed by atoms with van der Waals surface area (Å²) in [6.07, 6.45) is 8.79. The van der Waals surface area contributed by atoms with Crippen LogP contribution >= 0.6 is 0 Å². The number of nitrogens with zero attached hydrogens (tertiary/aromatic N) is 1. The number of nitrogens with one attached hydrogen (secondary N) is 1. The number of amides is 2. The molecule has 1 aliphatic heterocycles. The van der Waals surface area contributed by atoms with E-state index in [9.17, 15) is 9.59 Å². The van der Waals surface area contributed by atoms with Gasteiger partial charge in [0.25, 0.3) is 0 Å². The maximum atomic E-state index is 13.0. The lowest BCUT2D eigenvalue weighted by Gasteiger charge is -2.41. The number of rotatable bonds is 1. The van der Waals surface area contributed by atoms with Gasteiger partial charge in [-0.2, -0.15) is 0 Å². The van der Waals surface area contributed by atoms with Crippen molar-refractivity contribution < 1.29 is 9.59 Å². The van der Waals surface area contributed by atoms with Gasteiger partial charge in [-0.25, -0.2) is 0 Å². The van der Waals surface area contributed by atoms with Crippen LogP contribution < -0.4 is 5.32 Å². The van der Waals surface area contributed by atoms with Crippen LogP contribution in [0.5, 0.6) is 0 Å². The zero-order valence-electron chi connectivity index (χ0n) is 11.8. The molecule has 0 radical (unpaired) electrons. The van der Waals surface area contributed by atoms with Crippen LogP contribution in [0.25, 0.3) is 0 Å². The second-order valence-corrected chi connectivity index (χ2v) is 6.75. The smallest absolute Gasteiger partial charge is 0.248 e. The van der Waals surface area contributed by atoms with Crippen LogP contribution in [0.4, 0.5) is 0 Å². The Hall–Kier alpha value is -1.06. The lowest BCUT2D eigenvalue weighted by atomic mass is 9.91. The quantitative estimate of drug-likeness (QED) is 0.787. The second-order valence-electron chi connectivity index (χ2n) is 6.75. The average Bonchev–Trinajstić information content (AvgIpc) is 2.97. The normalized spacial score (nSPS) is 29.6. The van der Waals surface area contributed by atoms with Gasteiger partial charge in [0, 0.05) is 18.5 Å². The molecule has 1 N–H and O–H groups in total. The largest absolute Gasteiger partial charge is 0.342 e. The van der Waals surface area contributed by atoms with E-state index in [1.807, 2.05) is 4.90 Å². The van der Waals surface area contributed by atoms with Crippen LogP contribution in [0.3, 0.4) is 0 Å². The number of carbonyl (C=O) groups is 2. The molecule has 19 heavy (non-hydrogen) atoms. The molecule has 4 nitrogen and oxygen atoms in total. The zero-order valence-corrected chi connectivity index (χ0v) is 11.8. The average molecular weight is 264 g/mol. The van der Waals surface area contributed by atoms with Crippen molar-refractivity contribution in [2.24, 2.45) is 0 Å². The molecule has 0 aromatic heterocycles. The summed E-state index contributed by atoms with van der Waals surface area (Å²) in [5, 5.41) is 3.04. The van der Waals surface area contributed by atoms with Gasteiger partial charge >= 0.3 is 0 Å². The molecule has 2 saturated carbocycles. The predicted octanol–water partition coefficient (Wildman–Crippen LogP) is 1.98. The molecule has 0 atom stereocenters. The first-order chi connectivity index (χ1) is 9.06. The molecule has 3 fully saturated rings. The SMILES string of the molecule is CC1(N2CCC(=O)NC3(CCCC3)C2=O)CCCC1. The van der Waals surface area contributed by atoms with Crippen molar-refractivity contribution in [3.05, 3.63) is 0 Å². The van der Waals surface area contributed by atoms with E-state index < -0.39 is 5.54 Å². The first-order valence-corrected chi connectivity index (χ1v) is 7.69. The van der Waals surface area contributed by atoms with Gasteiger partial charge in [0.1, 0.15) is 5.54 Å². The van der Waals surface area contributed by atoms with E-state index in [4.69, 9.17) is 0 Å². The van der Waals surface area contributed by atoms with E-state index in [0.717, 1.165) is 38.5 Å². The van der Waals surface area contributed by atoms with Crippen LogP contribution in [0.2, 0.25) is 0 Å². The molecule has 0 unspecified atom stereocenters. The highest BCUT2D eigenvalue weighted by Gasteiger charge is 2.50. The summed E-state index contributed by atoms with van der Waals surface area (Å²) in [7, 11) is 0. The minimum absolute atomic E-state index is 0.0149. The Morgan fingerprint density at radius 3 is 2.21 bits per heavy atom. The predicted molar refractivity (Wildman–Crippen MR) is 72.5 cm³/mol. The van der Waals surface area contributed by atoms with Crippen LogP contribution in [0, 0.1) is 0 Å². The molecule has 1 heterocycles. The van der Waals surface area contributed by atoms with Crippen molar-refractivity contribution in [2.75, 3.05) is 6.54 Å². The summed E-state index contributed by atoms with van der Waals surface area (Å²) in [6.45, 7) is 2.80. The summed E-state index contributed by atoms with van der Waals surface area (Å²) in [5.41, 5.74) is -0.585. The number of carbonyl (C=O) groups excluding carboxylic acids is 2. The Morgan fingerprint density at radius 1 is 1.00 bits per heavy atom. The fourth-order valence-electron chi connectivity index (χ4n) is 4.20.